The van der Waals surface area contributed by atoms with Crippen molar-refractivity contribution >= 4 is 11.4 Å². The minimum atomic E-state index is -4.10. The Morgan fingerprint density at radius 2 is 1.86 bits per heavy atom. The van der Waals surface area contributed by atoms with Crippen LogP contribution in [0.25, 0.3) is 0 Å². The number of hydrogen-bond donors (Lipinski definition) is 1. The van der Waals surface area contributed by atoms with E-state index in [1.807, 2.05) is 30.9 Å². The maximum absolute atomic E-state index is 12.7. The molecule has 1 heterocycles. The van der Waals surface area contributed by atoms with Crippen LogP contribution in [0.5, 0.6) is 5.75 Å². The number of hydrogen-bond acceptors (Lipinski definition) is 3. The summed E-state index contributed by atoms with van der Waals surface area (Å²) in [6, 6.07) is 5.43. The van der Waals surface area contributed by atoms with E-state index in [1.165, 1.54) is 0 Å². The largest absolute Gasteiger partial charge is 0.489 e. The highest BCUT2D eigenvalue weighted by atomic mass is 19.4. The summed E-state index contributed by atoms with van der Waals surface area (Å²) < 4.78 is 43.7. The van der Waals surface area contributed by atoms with Gasteiger partial charge in [-0.05, 0) is 38.8 Å². The number of para-hydroxylation sites is 1. The van der Waals surface area contributed by atoms with Gasteiger partial charge in [0.2, 0.25) is 0 Å². The van der Waals surface area contributed by atoms with E-state index in [1.54, 1.807) is 6.07 Å². The molecule has 0 unspecified atom stereocenters. The first kappa shape index (κ1) is 15.8. The molecule has 2 rings (SSSR count). The Hall–Kier alpha value is -1.59. The molecule has 0 atom stereocenters. The zero-order chi connectivity index (χ0) is 15.6. The molecule has 1 saturated heterocycles. The van der Waals surface area contributed by atoms with Crippen molar-refractivity contribution in [1.29, 1.82) is 0 Å². The minimum absolute atomic E-state index is 0.00137. The highest BCUT2D eigenvalue weighted by Gasteiger charge is 2.41. The lowest BCUT2D eigenvalue weighted by Crippen LogP contribution is -2.39. The Labute approximate surface area is 122 Å². The SMILES string of the molecule is CC(C)Oc1cccc(N2CCC(C(F)(F)F)CC2)c1N. The van der Waals surface area contributed by atoms with Crippen molar-refractivity contribution in [2.45, 2.75) is 39.0 Å². The van der Waals surface area contributed by atoms with Gasteiger partial charge in [-0.2, -0.15) is 13.2 Å². The number of benzene rings is 1. The van der Waals surface area contributed by atoms with Gasteiger partial charge in [0, 0.05) is 13.1 Å². The molecule has 21 heavy (non-hydrogen) atoms. The third-order valence-corrected chi connectivity index (χ3v) is 3.70. The molecule has 0 radical (unpaired) electrons. The van der Waals surface area contributed by atoms with Crippen molar-refractivity contribution in [3.05, 3.63) is 18.2 Å². The summed E-state index contributed by atoms with van der Waals surface area (Å²) in [5.41, 5.74) is 7.35. The first-order valence-corrected chi connectivity index (χ1v) is 7.16. The van der Waals surface area contributed by atoms with Crippen LogP contribution in [0.3, 0.4) is 0 Å². The Balaban J connectivity index is 2.10. The van der Waals surface area contributed by atoms with Crippen molar-refractivity contribution in [3.63, 3.8) is 0 Å². The fourth-order valence-corrected chi connectivity index (χ4v) is 2.61. The molecule has 0 aromatic heterocycles. The molecule has 1 aromatic carbocycles. The minimum Gasteiger partial charge on any atom is -0.489 e. The van der Waals surface area contributed by atoms with Gasteiger partial charge in [-0.15, -0.1) is 0 Å². The van der Waals surface area contributed by atoms with Gasteiger partial charge in [0.1, 0.15) is 5.75 Å². The van der Waals surface area contributed by atoms with Crippen LogP contribution < -0.4 is 15.4 Å². The van der Waals surface area contributed by atoms with Gasteiger partial charge < -0.3 is 15.4 Å². The lowest BCUT2D eigenvalue weighted by atomic mass is 9.96. The van der Waals surface area contributed by atoms with Gasteiger partial charge in [-0.1, -0.05) is 6.07 Å². The van der Waals surface area contributed by atoms with Crippen LogP contribution in [-0.2, 0) is 0 Å². The number of alkyl halides is 3. The maximum atomic E-state index is 12.7. The number of nitrogen functional groups attached to an aromatic ring is 1. The molecule has 1 aliphatic heterocycles. The molecular formula is C15H21F3N2O. The van der Waals surface area contributed by atoms with Crippen LogP contribution in [0.2, 0.25) is 0 Å². The first-order chi connectivity index (χ1) is 9.79. The van der Waals surface area contributed by atoms with Crippen molar-refractivity contribution in [3.8, 4) is 5.75 Å². The van der Waals surface area contributed by atoms with E-state index in [-0.39, 0.29) is 18.9 Å². The Kier molecular flexibility index (Phi) is 4.54. The third-order valence-electron chi connectivity index (χ3n) is 3.70. The lowest BCUT2D eigenvalue weighted by Gasteiger charge is -2.35. The van der Waals surface area contributed by atoms with Gasteiger partial charge >= 0.3 is 6.18 Å². The van der Waals surface area contributed by atoms with E-state index in [0.717, 1.165) is 5.69 Å². The van der Waals surface area contributed by atoms with E-state index in [4.69, 9.17) is 10.5 Å². The molecule has 1 fully saturated rings. The van der Waals surface area contributed by atoms with Crippen LogP contribution in [0.4, 0.5) is 24.5 Å². The number of piperidine rings is 1. The molecule has 0 bridgehead atoms. The second kappa shape index (κ2) is 6.03. The van der Waals surface area contributed by atoms with Gasteiger partial charge in [-0.25, -0.2) is 0 Å². The number of nitrogens with two attached hydrogens (primary N) is 1. The Morgan fingerprint density at radius 3 is 2.38 bits per heavy atom. The van der Waals surface area contributed by atoms with E-state index in [9.17, 15) is 13.2 Å². The molecule has 0 saturated carbocycles. The fourth-order valence-electron chi connectivity index (χ4n) is 2.61. The summed E-state index contributed by atoms with van der Waals surface area (Å²) in [6.07, 6.45) is -3.88. The normalized spacial score (nSPS) is 17.3. The van der Waals surface area contributed by atoms with Gasteiger partial charge in [-0.3, -0.25) is 0 Å². The molecule has 6 heteroatoms. The summed E-state index contributed by atoms with van der Waals surface area (Å²) >= 11 is 0. The monoisotopic (exact) mass is 302 g/mol. The van der Waals surface area contributed by atoms with Crippen LogP contribution in [0.1, 0.15) is 26.7 Å². The topological polar surface area (TPSA) is 38.5 Å². The Bertz CT molecular complexity index is 480. The quantitative estimate of drug-likeness (QED) is 0.862. The van der Waals surface area contributed by atoms with E-state index >= 15 is 0 Å². The molecule has 1 aromatic rings. The average molecular weight is 302 g/mol. The Morgan fingerprint density at radius 1 is 1.24 bits per heavy atom. The summed E-state index contributed by atoms with van der Waals surface area (Å²) in [7, 11) is 0. The number of ether oxygens (including phenoxy) is 1. The van der Waals surface area contributed by atoms with Crippen molar-refractivity contribution in [2.24, 2.45) is 5.92 Å². The lowest BCUT2D eigenvalue weighted by molar-refractivity contribution is -0.179. The molecule has 0 spiro atoms. The number of anilines is 2. The summed E-state index contributed by atoms with van der Waals surface area (Å²) in [6.45, 7) is 4.53. The molecule has 2 N–H and O–H groups in total. The number of halogens is 3. The summed E-state index contributed by atoms with van der Waals surface area (Å²) in [5, 5.41) is 0. The maximum Gasteiger partial charge on any atom is 0.391 e. The fraction of sp³-hybridized carbons (Fsp3) is 0.600. The molecule has 3 nitrogen and oxygen atoms in total. The van der Waals surface area contributed by atoms with Crippen LogP contribution in [0, 0.1) is 5.92 Å². The molecule has 1 aliphatic rings. The zero-order valence-corrected chi connectivity index (χ0v) is 12.3. The van der Waals surface area contributed by atoms with Crippen LogP contribution >= 0.6 is 0 Å². The van der Waals surface area contributed by atoms with E-state index < -0.39 is 12.1 Å². The predicted octanol–water partition coefficient (Wildman–Crippen LogP) is 3.83. The van der Waals surface area contributed by atoms with Crippen LogP contribution in [-0.4, -0.2) is 25.4 Å². The van der Waals surface area contributed by atoms with Crippen molar-refractivity contribution < 1.29 is 17.9 Å². The summed E-state index contributed by atoms with van der Waals surface area (Å²) in [4.78, 5) is 1.91. The zero-order valence-electron chi connectivity index (χ0n) is 12.3. The van der Waals surface area contributed by atoms with Gasteiger partial charge in [0.05, 0.1) is 23.4 Å². The highest BCUT2D eigenvalue weighted by molar-refractivity contribution is 5.74. The third kappa shape index (κ3) is 3.74. The number of nitrogens with zero attached hydrogens (tertiary/aromatic N) is 1. The van der Waals surface area contributed by atoms with E-state index in [2.05, 4.69) is 0 Å². The van der Waals surface area contributed by atoms with Gasteiger partial charge in [0.15, 0.2) is 0 Å². The smallest absolute Gasteiger partial charge is 0.391 e. The van der Waals surface area contributed by atoms with Crippen LogP contribution in [0.15, 0.2) is 18.2 Å². The van der Waals surface area contributed by atoms with Crippen molar-refractivity contribution in [2.75, 3.05) is 23.7 Å². The van der Waals surface area contributed by atoms with E-state index in [0.29, 0.717) is 24.5 Å². The average Bonchev–Trinajstić information content (AvgIpc) is 2.40. The molecule has 118 valence electrons. The first-order valence-electron chi connectivity index (χ1n) is 7.16. The standard InChI is InChI=1S/C15H21F3N2O/c1-10(2)21-13-5-3-4-12(14(13)19)20-8-6-11(7-9-20)15(16,17)18/h3-5,10-11H,6-9,19H2,1-2H3. The molecule has 0 amide bonds. The second-order valence-electron chi connectivity index (χ2n) is 5.66. The molecular weight excluding hydrogens is 281 g/mol. The summed E-state index contributed by atoms with van der Waals surface area (Å²) in [5.74, 6) is -0.620. The molecule has 0 aliphatic carbocycles. The predicted molar refractivity (Wildman–Crippen MR) is 77.6 cm³/mol. The highest BCUT2D eigenvalue weighted by Crippen LogP contribution is 2.38. The van der Waals surface area contributed by atoms with Gasteiger partial charge in [0.25, 0.3) is 0 Å². The second-order valence-corrected chi connectivity index (χ2v) is 5.66. The number of rotatable bonds is 3. The van der Waals surface area contributed by atoms with Crippen molar-refractivity contribution in [1.82, 2.24) is 0 Å².